The van der Waals surface area contributed by atoms with Gasteiger partial charge in [0.25, 0.3) is 0 Å². The van der Waals surface area contributed by atoms with Crippen LogP contribution in [0.25, 0.3) is 10.8 Å². The Kier molecular flexibility index (Phi) is 9.50. The van der Waals surface area contributed by atoms with Gasteiger partial charge in [0.2, 0.25) is 5.91 Å². The van der Waals surface area contributed by atoms with Crippen LogP contribution in [0.3, 0.4) is 0 Å². The van der Waals surface area contributed by atoms with Gasteiger partial charge in [0.15, 0.2) is 0 Å². The molecule has 0 heterocycles. The molecule has 0 aliphatic carbocycles. The van der Waals surface area contributed by atoms with E-state index < -0.39 is 12.1 Å². The van der Waals surface area contributed by atoms with E-state index in [4.69, 9.17) is 10.00 Å². The van der Waals surface area contributed by atoms with Gasteiger partial charge in [0.1, 0.15) is 0 Å². The van der Waals surface area contributed by atoms with Crippen molar-refractivity contribution in [3.63, 3.8) is 0 Å². The van der Waals surface area contributed by atoms with Crippen LogP contribution >= 0.6 is 0 Å². The van der Waals surface area contributed by atoms with Gasteiger partial charge in [-0.1, -0.05) is 62.6 Å². The van der Waals surface area contributed by atoms with Crippen LogP contribution in [0.1, 0.15) is 57.1 Å². The van der Waals surface area contributed by atoms with Crippen LogP contribution in [-0.2, 0) is 9.53 Å². The van der Waals surface area contributed by atoms with Crippen molar-refractivity contribution in [3.05, 3.63) is 48.0 Å². The Morgan fingerprint density at radius 3 is 2.66 bits per heavy atom. The van der Waals surface area contributed by atoms with E-state index in [9.17, 15) is 9.59 Å². The molecule has 2 N–H and O–H groups in total. The van der Waals surface area contributed by atoms with Crippen molar-refractivity contribution >= 4 is 22.8 Å². The SMILES string of the molecule is CCCCCCOC(=O)NC(CC(=O)NCCC#N)c1ccc2ccccc2c1. The summed E-state index contributed by atoms with van der Waals surface area (Å²) in [5.41, 5.74) is 0.835. The summed E-state index contributed by atoms with van der Waals surface area (Å²) in [5, 5.41) is 16.3. The number of fused-ring (bicyclic) bond motifs is 1. The van der Waals surface area contributed by atoms with E-state index in [0.717, 1.165) is 42.0 Å². The van der Waals surface area contributed by atoms with Crippen molar-refractivity contribution < 1.29 is 14.3 Å². The number of carbonyl (C=O) groups excluding carboxylic acids is 2. The Labute approximate surface area is 172 Å². The van der Waals surface area contributed by atoms with E-state index in [-0.39, 0.29) is 18.7 Å². The molecule has 154 valence electrons. The third-order valence-electron chi connectivity index (χ3n) is 4.65. The standard InChI is InChI=1S/C23H29N3O3/c1-2-3-4-7-15-29-23(28)26-21(17-22(27)25-14-8-13-24)20-12-11-18-9-5-6-10-19(18)16-20/h5-6,9-12,16,21H,2-4,7-8,14-15,17H2,1H3,(H,25,27)(H,26,28). The molecule has 2 aromatic carbocycles. The molecule has 1 unspecified atom stereocenters. The smallest absolute Gasteiger partial charge is 0.407 e. The van der Waals surface area contributed by atoms with Crippen LogP contribution in [-0.4, -0.2) is 25.2 Å². The molecule has 2 rings (SSSR count). The van der Waals surface area contributed by atoms with Crippen LogP contribution in [0.4, 0.5) is 4.79 Å². The summed E-state index contributed by atoms with van der Waals surface area (Å²) in [6.07, 6.45) is 3.90. The summed E-state index contributed by atoms with van der Waals surface area (Å²) in [5.74, 6) is -0.221. The number of benzene rings is 2. The Morgan fingerprint density at radius 1 is 1.10 bits per heavy atom. The summed E-state index contributed by atoms with van der Waals surface area (Å²) in [6, 6.07) is 15.3. The number of hydrogen-bond acceptors (Lipinski definition) is 4. The fraction of sp³-hybridized carbons (Fsp3) is 0.435. The third-order valence-corrected chi connectivity index (χ3v) is 4.65. The number of nitrogens with zero attached hydrogens (tertiary/aromatic N) is 1. The average molecular weight is 396 g/mol. The first-order chi connectivity index (χ1) is 14.1. The highest BCUT2D eigenvalue weighted by molar-refractivity contribution is 5.84. The topological polar surface area (TPSA) is 91.2 Å². The molecule has 0 aliphatic heterocycles. The number of carbonyl (C=O) groups is 2. The second-order valence-electron chi connectivity index (χ2n) is 6.96. The first kappa shape index (κ1) is 22.2. The van der Waals surface area contributed by atoms with E-state index in [0.29, 0.717) is 13.2 Å². The lowest BCUT2D eigenvalue weighted by Crippen LogP contribution is -2.34. The number of unbranched alkanes of at least 4 members (excludes halogenated alkanes) is 3. The molecule has 0 aliphatic rings. The van der Waals surface area contributed by atoms with Gasteiger partial charge in [-0.25, -0.2) is 4.79 Å². The summed E-state index contributed by atoms with van der Waals surface area (Å²) < 4.78 is 5.28. The van der Waals surface area contributed by atoms with Crippen molar-refractivity contribution in [2.24, 2.45) is 0 Å². The Morgan fingerprint density at radius 2 is 1.90 bits per heavy atom. The molecule has 1 atom stereocenters. The number of rotatable bonds is 11. The molecule has 2 aromatic rings. The van der Waals surface area contributed by atoms with Gasteiger partial charge < -0.3 is 15.4 Å². The Hall–Kier alpha value is -3.07. The lowest BCUT2D eigenvalue weighted by Gasteiger charge is -2.19. The minimum Gasteiger partial charge on any atom is -0.450 e. The second kappa shape index (κ2) is 12.4. The molecule has 0 bridgehead atoms. The number of alkyl carbamates (subject to hydrolysis) is 1. The molecule has 0 radical (unpaired) electrons. The molecule has 0 saturated carbocycles. The molecular formula is C23H29N3O3. The van der Waals surface area contributed by atoms with Crippen LogP contribution in [0.15, 0.2) is 42.5 Å². The summed E-state index contributed by atoms with van der Waals surface area (Å²) in [6.45, 7) is 2.79. The number of hydrogen-bond donors (Lipinski definition) is 2. The zero-order chi connectivity index (χ0) is 20.9. The minimum absolute atomic E-state index is 0.0781. The van der Waals surface area contributed by atoms with Crippen LogP contribution in [0.2, 0.25) is 0 Å². The number of nitrogens with one attached hydrogen (secondary N) is 2. The fourth-order valence-electron chi connectivity index (χ4n) is 3.07. The zero-order valence-electron chi connectivity index (χ0n) is 16.9. The van der Waals surface area contributed by atoms with Crippen molar-refractivity contribution in [2.75, 3.05) is 13.2 Å². The van der Waals surface area contributed by atoms with Crippen molar-refractivity contribution in [2.45, 2.75) is 51.5 Å². The quantitative estimate of drug-likeness (QED) is 0.544. The van der Waals surface area contributed by atoms with Gasteiger partial charge in [-0.3, -0.25) is 4.79 Å². The molecule has 29 heavy (non-hydrogen) atoms. The number of nitriles is 1. The van der Waals surface area contributed by atoms with Gasteiger partial charge in [0, 0.05) is 6.54 Å². The van der Waals surface area contributed by atoms with Crippen molar-refractivity contribution in [1.82, 2.24) is 10.6 Å². The maximum atomic E-state index is 12.3. The molecule has 2 amide bonds. The minimum atomic E-state index is -0.524. The van der Waals surface area contributed by atoms with Crippen LogP contribution < -0.4 is 10.6 Å². The van der Waals surface area contributed by atoms with E-state index in [1.165, 1.54) is 0 Å². The van der Waals surface area contributed by atoms with E-state index in [1.54, 1.807) is 0 Å². The summed E-state index contributed by atoms with van der Waals surface area (Å²) in [7, 11) is 0. The molecule has 0 saturated heterocycles. The molecule has 6 heteroatoms. The molecule has 0 aromatic heterocycles. The first-order valence-corrected chi connectivity index (χ1v) is 10.2. The van der Waals surface area contributed by atoms with Crippen molar-refractivity contribution in [1.29, 1.82) is 5.26 Å². The molecular weight excluding hydrogens is 366 g/mol. The monoisotopic (exact) mass is 395 g/mol. The van der Waals surface area contributed by atoms with E-state index in [2.05, 4.69) is 17.6 Å². The van der Waals surface area contributed by atoms with E-state index >= 15 is 0 Å². The van der Waals surface area contributed by atoms with Crippen molar-refractivity contribution in [3.8, 4) is 6.07 Å². The third kappa shape index (κ3) is 7.82. The first-order valence-electron chi connectivity index (χ1n) is 10.2. The van der Waals surface area contributed by atoms with Crippen LogP contribution in [0.5, 0.6) is 0 Å². The van der Waals surface area contributed by atoms with Gasteiger partial charge in [-0.05, 0) is 28.8 Å². The Balaban J connectivity index is 2.04. The zero-order valence-corrected chi connectivity index (χ0v) is 16.9. The van der Waals surface area contributed by atoms with Gasteiger partial charge in [-0.2, -0.15) is 5.26 Å². The molecule has 0 fully saturated rings. The maximum absolute atomic E-state index is 12.3. The molecule has 0 spiro atoms. The average Bonchev–Trinajstić information content (AvgIpc) is 2.73. The maximum Gasteiger partial charge on any atom is 0.407 e. The summed E-state index contributed by atoms with van der Waals surface area (Å²) >= 11 is 0. The molecule has 6 nitrogen and oxygen atoms in total. The lowest BCUT2D eigenvalue weighted by atomic mass is 9.99. The van der Waals surface area contributed by atoms with Gasteiger partial charge in [-0.15, -0.1) is 0 Å². The second-order valence-corrected chi connectivity index (χ2v) is 6.96. The normalized spacial score (nSPS) is 11.4. The van der Waals surface area contributed by atoms with Crippen LogP contribution in [0, 0.1) is 11.3 Å². The lowest BCUT2D eigenvalue weighted by molar-refractivity contribution is -0.121. The van der Waals surface area contributed by atoms with Gasteiger partial charge in [0.05, 0.1) is 31.6 Å². The largest absolute Gasteiger partial charge is 0.450 e. The highest BCUT2D eigenvalue weighted by atomic mass is 16.5. The number of ether oxygens (including phenoxy) is 1. The summed E-state index contributed by atoms with van der Waals surface area (Å²) in [4.78, 5) is 24.5. The predicted molar refractivity (Wildman–Crippen MR) is 113 cm³/mol. The predicted octanol–water partition coefficient (Wildman–Crippen LogP) is 4.61. The van der Waals surface area contributed by atoms with E-state index in [1.807, 2.05) is 48.5 Å². The fourth-order valence-corrected chi connectivity index (χ4v) is 3.07. The van der Waals surface area contributed by atoms with Gasteiger partial charge >= 0.3 is 6.09 Å². The highest BCUT2D eigenvalue weighted by Crippen LogP contribution is 2.23. The Bertz CT molecular complexity index is 845. The number of amides is 2. The highest BCUT2D eigenvalue weighted by Gasteiger charge is 2.19.